The molecule has 2 heterocycles. The summed E-state index contributed by atoms with van der Waals surface area (Å²) in [7, 11) is 0. The van der Waals surface area contributed by atoms with Crippen molar-refractivity contribution >= 4 is 22.4 Å². The zero-order chi connectivity index (χ0) is 22.0. The van der Waals surface area contributed by atoms with Crippen LogP contribution in [0.4, 0.5) is 5.13 Å². The van der Waals surface area contributed by atoms with Crippen LogP contribution in [0, 0.1) is 17.3 Å². The van der Waals surface area contributed by atoms with E-state index in [0.717, 1.165) is 54.0 Å². The molecule has 1 aromatic heterocycles. The summed E-state index contributed by atoms with van der Waals surface area (Å²) < 4.78 is 6.26. The maximum atomic E-state index is 11.2. The molecule has 4 rings (SSSR count). The molecular weight excluding hydrogens is 408 g/mol. The van der Waals surface area contributed by atoms with E-state index in [-0.39, 0.29) is 5.92 Å². The number of carboxylic acids is 1. The molecule has 6 heteroatoms. The second kappa shape index (κ2) is 9.19. The van der Waals surface area contributed by atoms with E-state index in [2.05, 4.69) is 55.3 Å². The number of carboxylic acid groups (broad SMARTS) is 1. The molecule has 1 aliphatic carbocycles. The van der Waals surface area contributed by atoms with Gasteiger partial charge in [0, 0.05) is 24.0 Å². The van der Waals surface area contributed by atoms with Crippen molar-refractivity contribution in [3.63, 3.8) is 0 Å². The zero-order valence-corrected chi connectivity index (χ0v) is 19.7. The van der Waals surface area contributed by atoms with Crippen molar-refractivity contribution in [3.05, 3.63) is 29.6 Å². The number of benzene rings is 1. The third-order valence-corrected chi connectivity index (χ3v) is 7.86. The van der Waals surface area contributed by atoms with E-state index >= 15 is 0 Å². The lowest BCUT2D eigenvalue weighted by Gasteiger charge is -2.36. The van der Waals surface area contributed by atoms with Gasteiger partial charge in [-0.1, -0.05) is 20.8 Å². The van der Waals surface area contributed by atoms with Gasteiger partial charge in [0.25, 0.3) is 0 Å². The number of hydrogen-bond donors (Lipinski definition) is 1. The number of anilines is 1. The van der Waals surface area contributed by atoms with Crippen molar-refractivity contribution in [2.75, 3.05) is 18.0 Å². The van der Waals surface area contributed by atoms with Crippen LogP contribution >= 0.6 is 11.3 Å². The predicted molar refractivity (Wildman–Crippen MR) is 126 cm³/mol. The molecule has 2 fully saturated rings. The summed E-state index contributed by atoms with van der Waals surface area (Å²) in [6, 6.07) is 8.29. The first kappa shape index (κ1) is 22.1. The largest absolute Gasteiger partial charge is 0.490 e. The van der Waals surface area contributed by atoms with Crippen LogP contribution in [0.25, 0.3) is 11.3 Å². The first-order chi connectivity index (χ1) is 14.8. The fraction of sp³-hybridized carbons (Fsp3) is 0.600. The van der Waals surface area contributed by atoms with Gasteiger partial charge in [-0.05, 0) is 74.1 Å². The van der Waals surface area contributed by atoms with Crippen molar-refractivity contribution in [1.29, 1.82) is 0 Å². The van der Waals surface area contributed by atoms with E-state index in [4.69, 9.17) is 9.72 Å². The molecule has 1 aliphatic heterocycles. The van der Waals surface area contributed by atoms with Crippen molar-refractivity contribution in [1.82, 2.24) is 4.98 Å². The standard InChI is InChI=1S/C25H34N2O3S/c1-25(2,3)19-6-10-21(11-7-19)30-20-8-4-17(5-9-20)22-16-31-24(26-22)27-14-12-18(13-15-27)23(28)29/h4-5,8-9,16,18-19,21H,6-7,10-15H2,1-3H3,(H,28,29)/t19-,21-. The fourth-order valence-corrected chi connectivity index (χ4v) is 5.69. The van der Waals surface area contributed by atoms with Gasteiger partial charge in [0.15, 0.2) is 5.13 Å². The highest BCUT2D eigenvalue weighted by atomic mass is 32.1. The van der Waals surface area contributed by atoms with Gasteiger partial charge < -0.3 is 14.7 Å². The average Bonchev–Trinajstić information content (AvgIpc) is 3.24. The second-order valence-electron chi connectivity index (χ2n) is 10.1. The Kier molecular flexibility index (Phi) is 6.56. The number of hydrogen-bond acceptors (Lipinski definition) is 5. The maximum absolute atomic E-state index is 11.2. The molecule has 0 bridgehead atoms. The summed E-state index contributed by atoms with van der Waals surface area (Å²) in [5.74, 6) is 0.841. The highest BCUT2D eigenvalue weighted by molar-refractivity contribution is 7.14. The van der Waals surface area contributed by atoms with Crippen molar-refractivity contribution in [3.8, 4) is 17.0 Å². The van der Waals surface area contributed by atoms with Crippen LogP contribution in [0.15, 0.2) is 29.6 Å². The van der Waals surface area contributed by atoms with Gasteiger partial charge in [-0.15, -0.1) is 11.3 Å². The number of aliphatic carboxylic acids is 1. The predicted octanol–water partition coefficient (Wildman–Crippen LogP) is 6.09. The molecule has 0 atom stereocenters. The average molecular weight is 443 g/mol. The van der Waals surface area contributed by atoms with E-state index in [9.17, 15) is 9.90 Å². The summed E-state index contributed by atoms with van der Waals surface area (Å²) in [5, 5.41) is 12.2. The molecule has 1 saturated carbocycles. The lowest BCUT2D eigenvalue weighted by atomic mass is 9.72. The number of thiazole rings is 1. The monoisotopic (exact) mass is 442 g/mol. The molecule has 0 spiro atoms. The van der Waals surface area contributed by atoms with Gasteiger partial charge in [-0.2, -0.15) is 0 Å². The summed E-state index contributed by atoms with van der Waals surface area (Å²) >= 11 is 1.63. The molecule has 1 saturated heterocycles. The van der Waals surface area contributed by atoms with E-state index in [1.54, 1.807) is 11.3 Å². The minimum atomic E-state index is -0.677. The lowest BCUT2D eigenvalue weighted by molar-refractivity contribution is -0.142. The Balaban J connectivity index is 1.32. The van der Waals surface area contributed by atoms with Crippen molar-refractivity contribution in [2.45, 2.75) is 65.4 Å². The molecule has 2 aromatic rings. The highest BCUT2D eigenvalue weighted by Gasteiger charge is 2.30. The number of rotatable bonds is 5. The molecule has 2 aliphatic rings. The third-order valence-electron chi connectivity index (χ3n) is 6.96. The number of ether oxygens (including phenoxy) is 1. The van der Waals surface area contributed by atoms with E-state index in [0.29, 0.717) is 24.4 Å². The van der Waals surface area contributed by atoms with Gasteiger partial charge >= 0.3 is 5.97 Å². The molecule has 1 N–H and O–H groups in total. The molecule has 5 nitrogen and oxygen atoms in total. The molecule has 0 amide bonds. The Morgan fingerprint density at radius 2 is 1.71 bits per heavy atom. The Morgan fingerprint density at radius 1 is 1.06 bits per heavy atom. The quantitative estimate of drug-likeness (QED) is 0.607. The molecule has 0 unspecified atom stereocenters. The van der Waals surface area contributed by atoms with Gasteiger partial charge in [0.05, 0.1) is 17.7 Å². The maximum Gasteiger partial charge on any atom is 0.306 e. The van der Waals surface area contributed by atoms with Gasteiger partial charge in [-0.3, -0.25) is 4.79 Å². The Labute approximate surface area is 189 Å². The van der Waals surface area contributed by atoms with Crippen molar-refractivity contribution in [2.24, 2.45) is 17.3 Å². The minimum Gasteiger partial charge on any atom is -0.490 e. The van der Waals surface area contributed by atoms with Gasteiger partial charge in [0.1, 0.15) is 5.75 Å². The summed E-state index contributed by atoms with van der Waals surface area (Å²) in [4.78, 5) is 18.2. The van der Waals surface area contributed by atoms with Crippen LogP contribution in [0.2, 0.25) is 0 Å². The van der Waals surface area contributed by atoms with Gasteiger partial charge in [0.2, 0.25) is 0 Å². The Morgan fingerprint density at radius 3 is 2.29 bits per heavy atom. The Bertz CT molecular complexity index is 871. The first-order valence-corrected chi connectivity index (χ1v) is 12.4. The van der Waals surface area contributed by atoms with Crippen LogP contribution in [-0.4, -0.2) is 35.3 Å². The molecule has 31 heavy (non-hydrogen) atoms. The van der Waals surface area contributed by atoms with Crippen LogP contribution in [-0.2, 0) is 4.79 Å². The smallest absolute Gasteiger partial charge is 0.306 e. The van der Waals surface area contributed by atoms with Crippen LogP contribution in [0.3, 0.4) is 0 Å². The zero-order valence-electron chi connectivity index (χ0n) is 18.8. The topological polar surface area (TPSA) is 62.7 Å². The fourth-order valence-electron chi connectivity index (χ4n) is 4.80. The van der Waals surface area contributed by atoms with Crippen molar-refractivity contribution < 1.29 is 14.6 Å². The van der Waals surface area contributed by atoms with E-state index in [1.807, 2.05) is 0 Å². The van der Waals surface area contributed by atoms with E-state index in [1.165, 1.54) is 12.8 Å². The molecule has 168 valence electrons. The number of carbonyl (C=O) groups is 1. The normalized spacial score (nSPS) is 23.0. The third kappa shape index (κ3) is 5.40. The molecule has 0 radical (unpaired) electrons. The molecule has 1 aromatic carbocycles. The SMILES string of the molecule is CC(C)(C)[C@H]1CC[C@H](Oc2ccc(-c3csc(N4CCC(C(=O)O)CC4)n3)cc2)CC1. The van der Waals surface area contributed by atoms with E-state index < -0.39 is 5.97 Å². The second-order valence-corrected chi connectivity index (χ2v) is 10.9. The highest BCUT2D eigenvalue weighted by Crippen LogP contribution is 2.39. The minimum absolute atomic E-state index is 0.216. The summed E-state index contributed by atoms with van der Waals surface area (Å²) in [5.41, 5.74) is 2.45. The number of nitrogens with zero attached hydrogens (tertiary/aromatic N) is 2. The summed E-state index contributed by atoms with van der Waals surface area (Å²) in [6.45, 7) is 8.56. The summed E-state index contributed by atoms with van der Waals surface area (Å²) in [6.07, 6.45) is 6.47. The van der Waals surface area contributed by atoms with Crippen LogP contribution in [0.5, 0.6) is 5.75 Å². The number of aromatic nitrogens is 1. The Hall–Kier alpha value is -2.08. The van der Waals surface area contributed by atoms with Crippen LogP contribution in [0.1, 0.15) is 59.3 Å². The van der Waals surface area contributed by atoms with Crippen LogP contribution < -0.4 is 9.64 Å². The number of piperidine rings is 1. The van der Waals surface area contributed by atoms with Gasteiger partial charge in [-0.25, -0.2) is 4.98 Å². The lowest BCUT2D eigenvalue weighted by Crippen LogP contribution is -2.36. The first-order valence-electron chi connectivity index (χ1n) is 11.5. The molecular formula is C25H34N2O3S.